The Balaban J connectivity index is 1.01. The Bertz CT molecular complexity index is 1290. The van der Waals surface area contributed by atoms with Crippen molar-refractivity contribution in [1.29, 1.82) is 0 Å². The standard InChI is InChI=1S/C37H43NO9/c39-38(40)35-16-18-36(19-17-35)46-30-28-44-26-24-42-22-20-41-21-23-43-25-27-45-29-31-47-37(32-10-4-1-5-11-32,33-12-6-2-7-13-33)34-14-8-3-9-15-34/h1-19H,20-31H2. The van der Waals surface area contributed by atoms with Crippen LogP contribution in [0.25, 0.3) is 0 Å². The SMILES string of the molecule is O=[N+]([O-])c1ccc(OCCOCCOCCOCCOCCOCCOC(c2ccccc2)(c2ccccc2)c2ccccc2)cc1. The van der Waals surface area contributed by atoms with Crippen LogP contribution in [0.1, 0.15) is 16.7 Å². The van der Waals surface area contributed by atoms with Gasteiger partial charge < -0.3 is 33.2 Å². The van der Waals surface area contributed by atoms with Gasteiger partial charge in [-0.15, -0.1) is 0 Å². The molecule has 0 spiro atoms. The van der Waals surface area contributed by atoms with Gasteiger partial charge in [-0.3, -0.25) is 10.1 Å². The lowest BCUT2D eigenvalue weighted by Crippen LogP contribution is -2.34. The Morgan fingerprint density at radius 1 is 0.447 bits per heavy atom. The van der Waals surface area contributed by atoms with E-state index < -0.39 is 10.5 Å². The fourth-order valence-electron chi connectivity index (χ4n) is 4.89. The Morgan fingerprint density at radius 3 is 1.15 bits per heavy atom. The number of ether oxygens (including phenoxy) is 7. The zero-order valence-electron chi connectivity index (χ0n) is 26.6. The number of rotatable bonds is 24. The van der Waals surface area contributed by atoms with Crippen LogP contribution in [-0.4, -0.2) is 84.2 Å². The van der Waals surface area contributed by atoms with E-state index in [1.54, 1.807) is 12.1 Å². The smallest absolute Gasteiger partial charge is 0.269 e. The Morgan fingerprint density at radius 2 is 0.787 bits per heavy atom. The van der Waals surface area contributed by atoms with Crippen molar-refractivity contribution in [3.8, 4) is 5.75 Å². The molecule has 4 aromatic rings. The highest BCUT2D eigenvalue weighted by Gasteiger charge is 2.37. The first-order valence-electron chi connectivity index (χ1n) is 15.8. The van der Waals surface area contributed by atoms with Gasteiger partial charge in [0, 0.05) is 12.1 Å². The topological polar surface area (TPSA) is 108 Å². The molecule has 0 heterocycles. The summed E-state index contributed by atoms with van der Waals surface area (Å²) in [6, 6.07) is 36.8. The normalized spacial score (nSPS) is 11.4. The molecule has 4 aromatic carbocycles. The maximum absolute atomic E-state index is 10.7. The summed E-state index contributed by atoms with van der Waals surface area (Å²) in [6.07, 6.45) is 0. The lowest BCUT2D eigenvalue weighted by Gasteiger charge is -2.36. The van der Waals surface area contributed by atoms with Gasteiger partial charge in [-0.2, -0.15) is 0 Å². The van der Waals surface area contributed by atoms with Gasteiger partial charge in [-0.1, -0.05) is 91.0 Å². The lowest BCUT2D eigenvalue weighted by atomic mass is 9.80. The van der Waals surface area contributed by atoms with Gasteiger partial charge in [0.2, 0.25) is 0 Å². The Hall–Kier alpha value is -4.16. The molecule has 0 aliphatic heterocycles. The molecular formula is C37H43NO9. The van der Waals surface area contributed by atoms with Crippen molar-refractivity contribution in [3.63, 3.8) is 0 Å². The van der Waals surface area contributed by atoms with E-state index in [0.29, 0.717) is 85.0 Å². The number of nitro benzene ring substituents is 1. The summed E-state index contributed by atoms with van der Waals surface area (Å²) < 4.78 is 40.2. The van der Waals surface area contributed by atoms with Crippen molar-refractivity contribution in [3.05, 3.63) is 142 Å². The third-order valence-electron chi connectivity index (χ3n) is 7.12. The van der Waals surface area contributed by atoms with Gasteiger partial charge in [-0.05, 0) is 28.8 Å². The zero-order valence-corrected chi connectivity index (χ0v) is 26.6. The van der Waals surface area contributed by atoms with E-state index in [0.717, 1.165) is 16.7 Å². The van der Waals surface area contributed by atoms with E-state index in [4.69, 9.17) is 33.2 Å². The highest BCUT2D eigenvalue weighted by molar-refractivity contribution is 5.47. The van der Waals surface area contributed by atoms with E-state index >= 15 is 0 Å². The van der Waals surface area contributed by atoms with Crippen LogP contribution in [0.5, 0.6) is 5.75 Å². The van der Waals surface area contributed by atoms with Crippen molar-refractivity contribution >= 4 is 5.69 Å². The minimum absolute atomic E-state index is 0.0273. The van der Waals surface area contributed by atoms with E-state index in [2.05, 4.69) is 36.4 Å². The average Bonchev–Trinajstić information content (AvgIpc) is 3.12. The van der Waals surface area contributed by atoms with Crippen molar-refractivity contribution in [2.75, 3.05) is 79.3 Å². The summed E-state index contributed by atoms with van der Waals surface area (Å²) in [7, 11) is 0. The van der Waals surface area contributed by atoms with Crippen LogP contribution in [0.4, 0.5) is 5.69 Å². The minimum Gasteiger partial charge on any atom is -0.491 e. The lowest BCUT2D eigenvalue weighted by molar-refractivity contribution is -0.384. The second-order valence-electron chi connectivity index (χ2n) is 10.3. The summed E-state index contributed by atoms with van der Waals surface area (Å²) in [5.74, 6) is 0.558. The van der Waals surface area contributed by atoms with Crippen LogP contribution in [0.15, 0.2) is 115 Å². The van der Waals surface area contributed by atoms with Crippen molar-refractivity contribution < 1.29 is 38.1 Å². The summed E-state index contributed by atoms with van der Waals surface area (Å²) >= 11 is 0. The highest BCUT2D eigenvalue weighted by atomic mass is 16.6. The molecular weight excluding hydrogens is 602 g/mol. The molecule has 0 amide bonds. The first-order valence-corrected chi connectivity index (χ1v) is 15.8. The molecule has 250 valence electrons. The fourth-order valence-corrected chi connectivity index (χ4v) is 4.89. The number of non-ortho nitro benzene ring substituents is 1. The zero-order chi connectivity index (χ0) is 32.8. The van der Waals surface area contributed by atoms with Crippen LogP contribution < -0.4 is 4.74 Å². The molecule has 0 aromatic heterocycles. The molecule has 47 heavy (non-hydrogen) atoms. The number of nitro groups is 1. The molecule has 0 N–H and O–H groups in total. The molecule has 0 aliphatic carbocycles. The molecule has 0 unspecified atom stereocenters. The predicted molar refractivity (Wildman–Crippen MR) is 178 cm³/mol. The third-order valence-corrected chi connectivity index (χ3v) is 7.12. The first-order chi connectivity index (χ1) is 23.2. The fraction of sp³-hybridized carbons (Fsp3) is 0.351. The van der Waals surface area contributed by atoms with Crippen molar-refractivity contribution in [1.82, 2.24) is 0 Å². The number of hydrogen-bond donors (Lipinski definition) is 0. The average molecular weight is 646 g/mol. The molecule has 0 aliphatic rings. The largest absolute Gasteiger partial charge is 0.491 e. The van der Waals surface area contributed by atoms with Crippen LogP contribution >= 0.6 is 0 Å². The maximum Gasteiger partial charge on any atom is 0.269 e. The van der Waals surface area contributed by atoms with E-state index in [9.17, 15) is 10.1 Å². The van der Waals surface area contributed by atoms with Crippen molar-refractivity contribution in [2.45, 2.75) is 5.60 Å². The van der Waals surface area contributed by atoms with Gasteiger partial charge >= 0.3 is 0 Å². The molecule has 10 heteroatoms. The molecule has 10 nitrogen and oxygen atoms in total. The molecule has 0 saturated carbocycles. The molecule has 4 rings (SSSR count). The van der Waals surface area contributed by atoms with Crippen LogP contribution in [0.2, 0.25) is 0 Å². The van der Waals surface area contributed by atoms with Crippen molar-refractivity contribution in [2.24, 2.45) is 0 Å². The highest BCUT2D eigenvalue weighted by Crippen LogP contribution is 2.40. The number of hydrogen-bond acceptors (Lipinski definition) is 9. The van der Waals surface area contributed by atoms with Crippen LogP contribution in [0, 0.1) is 10.1 Å². The first kappa shape index (κ1) is 35.7. The minimum atomic E-state index is -0.759. The monoisotopic (exact) mass is 645 g/mol. The summed E-state index contributed by atoms with van der Waals surface area (Å²) in [6.45, 7) is 5.24. The summed E-state index contributed by atoms with van der Waals surface area (Å²) in [5, 5.41) is 10.7. The van der Waals surface area contributed by atoms with Gasteiger partial charge in [0.15, 0.2) is 0 Å². The van der Waals surface area contributed by atoms with E-state index in [1.807, 2.05) is 54.6 Å². The quantitative estimate of drug-likeness (QED) is 0.0389. The van der Waals surface area contributed by atoms with E-state index in [-0.39, 0.29) is 5.69 Å². The number of benzene rings is 4. The van der Waals surface area contributed by atoms with Gasteiger partial charge in [-0.25, -0.2) is 0 Å². The van der Waals surface area contributed by atoms with E-state index in [1.165, 1.54) is 12.1 Å². The Labute approximate surface area is 276 Å². The van der Waals surface area contributed by atoms with Gasteiger partial charge in [0.25, 0.3) is 5.69 Å². The molecule has 0 bridgehead atoms. The van der Waals surface area contributed by atoms with Crippen LogP contribution in [0.3, 0.4) is 0 Å². The maximum atomic E-state index is 10.7. The number of nitrogens with zero attached hydrogens (tertiary/aromatic N) is 1. The second-order valence-corrected chi connectivity index (χ2v) is 10.3. The molecule has 0 saturated heterocycles. The van der Waals surface area contributed by atoms with Gasteiger partial charge in [0.05, 0.1) is 77.6 Å². The van der Waals surface area contributed by atoms with Gasteiger partial charge in [0.1, 0.15) is 18.0 Å². The van der Waals surface area contributed by atoms with Crippen LogP contribution in [-0.2, 0) is 34.0 Å². The summed E-state index contributed by atoms with van der Waals surface area (Å²) in [5.41, 5.74) is 2.44. The Kier molecular flexibility index (Phi) is 15.8. The summed E-state index contributed by atoms with van der Waals surface area (Å²) in [4.78, 5) is 10.2. The second kappa shape index (κ2) is 20.9. The molecule has 0 fully saturated rings. The third kappa shape index (κ3) is 11.9. The predicted octanol–water partition coefficient (Wildman–Crippen LogP) is 6.07. The molecule has 0 radical (unpaired) electrons. The molecule has 0 atom stereocenters.